The molecule has 0 spiro atoms. The van der Waals surface area contributed by atoms with Gasteiger partial charge in [0.05, 0.1) is 24.3 Å². The molecule has 1 aromatic rings. The number of benzene rings is 1. The number of ether oxygens (including phenoxy) is 1. The van der Waals surface area contributed by atoms with Gasteiger partial charge in [-0.1, -0.05) is 12.1 Å². The fraction of sp³-hybridized carbons (Fsp3) is 0.458. The van der Waals surface area contributed by atoms with E-state index in [2.05, 4.69) is 0 Å². The second kappa shape index (κ2) is 7.24. The van der Waals surface area contributed by atoms with Crippen LogP contribution in [0.15, 0.2) is 40.9 Å². The Hall–Kier alpha value is -3.01. The smallest absolute Gasteiger partial charge is 0.209 e. The number of nitrogens with zero attached hydrogens (tertiary/aromatic N) is 1. The quantitative estimate of drug-likeness (QED) is 0.492. The molecule has 0 heterocycles. The minimum absolute atomic E-state index is 0.0300. The molecule has 0 bridgehead atoms. The molecule has 33 heavy (non-hydrogen) atoms. The fourth-order valence-corrected chi connectivity index (χ4v) is 5.77. The van der Waals surface area contributed by atoms with Crippen LogP contribution in [0.4, 0.5) is 0 Å². The number of ketones is 3. The van der Waals surface area contributed by atoms with E-state index in [1.165, 1.54) is 25.0 Å². The summed E-state index contributed by atoms with van der Waals surface area (Å²) in [6, 6.07) is 3.74. The second-order valence-electron chi connectivity index (χ2n) is 9.34. The summed E-state index contributed by atoms with van der Waals surface area (Å²) >= 11 is 0. The monoisotopic (exact) mass is 457 g/mol. The first kappa shape index (κ1) is 23.2. The largest absolute Gasteiger partial charge is 0.510 e. The molecule has 1 aromatic carbocycles. The molecule has 4 rings (SSSR count). The van der Waals surface area contributed by atoms with Crippen LogP contribution in [-0.2, 0) is 15.2 Å². The molecule has 0 aromatic heterocycles. The molecule has 3 aliphatic rings. The highest BCUT2D eigenvalue weighted by Gasteiger charge is 2.65. The molecule has 9 nitrogen and oxygen atoms in total. The van der Waals surface area contributed by atoms with Gasteiger partial charge in [0, 0.05) is 17.4 Å². The highest BCUT2D eigenvalue weighted by Crippen LogP contribution is 2.56. The number of carbonyl (C=O) groups is 3. The Morgan fingerprint density at radius 3 is 2.36 bits per heavy atom. The van der Waals surface area contributed by atoms with Gasteiger partial charge in [0.15, 0.2) is 17.2 Å². The van der Waals surface area contributed by atoms with Crippen molar-refractivity contribution in [1.82, 2.24) is 4.90 Å². The standard InChI is InChI=1S/C24H27NO8/c1-10(26)15-20(28)18(25(3)4)13-9-12-17(22(30)24(13,32)21(15)29)19(27)16-11(23(12,2)31)7-6-8-14(16)33-5/h6-8,12-13,18,28,30-32H,9H2,1-5H3. The lowest BCUT2D eigenvalue weighted by Gasteiger charge is -2.52. The Morgan fingerprint density at radius 1 is 1.18 bits per heavy atom. The molecule has 9 heteroatoms. The fourth-order valence-electron chi connectivity index (χ4n) is 5.77. The molecule has 3 aliphatic carbocycles. The Kier molecular flexibility index (Phi) is 5.08. The number of carbonyl (C=O) groups excluding carboxylic acids is 3. The van der Waals surface area contributed by atoms with Crippen molar-refractivity contribution < 1.29 is 39.5 Å². The summed E-state index contributed by atoms with van der Waals surface area (Å²) in [6.07, 6.45) is -0.116. The summed E-state index contributed by atoms with van der Waals surface area (Å²) < 4.78 is 5.30. The van der Waals surface area contributed by atoms with E-state index >= 15 is 0 Å². The van der Waals surface area contributed by atoms with E-state index in [4.69, 9.17) is 4.74 Å². The van der Waals surface area contributed by atoms with Crippen LogP contribution >= 0.6 is 0 Å². The van der Waals surface area contributed by atoms with E-state index < -0.39 is 63.5 Å². The SMILES string of the molecule is COc1cccc2c1C(=O)C1=C(O)C3(O)C(=O)C(C(C)=O)=C(O)C(N(C)C)C3CC1C2(C)O. The van der Waals surface area contributed by atoms with Crippen molar-refractivity contribution in [3.05, 3.63) is 52.0 Å². The number of rotatable bonds is 3. The van der Waals surface area contributed by atoms with Gasteiger partial charge in [0.1, 0.15) is 22.8 Å². The van der Waals surface area contributed by atoms with Crippen molar-refractivity contribution in [1.29, 1.82) is 0 Å². The maximum Gasteiger partial charge on any atom is 0.209 e. The molecule has 0 saturated carbocycles. The summed E-state index contributed by atoms with van der Waals surface area (Å²) in [7, 11) is 4.55. The van der Waals surface area contributed by atoms with Gasteiger partial charge in [-0.3, -0.25) is 19.3 Å². The third-order valence-corrected chi connectivity index (χ3v) is 7.33. The molecule has 0 radical (unpaired) electrons. The first-order chi connectivity index (χ1) is 15.3. The lowest BCUT2D eigenvalue weighted by Crippen LogP contribution is -2.64. The van der Waals surface area contributed by atoms with E-state index in [1.54, 1.807) is 26.2 Å². The first-order valence-electron chi connectivity index (χ1n) is 10.6. The van der Waals surface area contributed by atoms with Crippen molar-refractivity contribution >= 4 is 17.3 Å². The van der Waals surface area contributed by atoms with Crippen LogP contribution < -0.4 is 4.74 Å². The molecule has 5 unspecified atom stereocenters. The number of hydrogen-bond donors (Lipinski definition) is 4. The third kappa shape index (κ3) is 2.79. The topological polar surface area (TPSA) is 145 Å². The second-order valence-corrected chi connectivity index (χ2v) is 9.34. The van der Waals surface area contributed by atoms with Gasteiger partial charge >= 0.3 is 0 Å². The molecule has 5 atom stereocenters. The maximum atomic E-state index is 13.6. The number of Topliss-reactive ketones (excluding diaryl/α,β-unsaturated/α-hetero) is 3. The highest BCUT2D eigenvalue weighted by molar-refractivity contribution is 6.25. The van der Waals surface area contributed by atoms with Crippen LogP contribution in [0.5, 0.6) is 5.75 Å². The average molecular weight is 457 g/mol. The van der Waals surface area contributed by atoms with Crippen molar-refractivity contribution in [3.63, 3.8) is 0 Å². The van der Waals surface area contributed by atoms with Crippen LogP contribution in [0, 0.1) is 11.8 Å². The van der Waals surface area contributed by atoms with Gasteiger partial charge in [-0.2, -0.15) is 0 Å². The highest BCUT2D eigenvalue weighted by atomic mass is 16.5. The number of likely N-dealkylation sites (N-methyl/N-ethyl adjacent to an activating group) is 1. The zero-order chi connectivity index (χ0) is 24.6. The van der Waals surface area contributed by atoms with Crippen LogP contribution in [0.2, 0.25) is 0 Å². The zero-order valence-corrected chi connectivity index (χ0v) is 19.0. The normalized spacial score (nSPS) is 33.6. The molecule has 0 saturated heterocycles. The minimum Gasteiger partial charge on any atom is -0.510 e. The number of aliphatic hydroxyl groups is 4. The number of aliphatic hydroxyl groups excluding tert-OH is 2. The molecule has 4 N–H and O–H groups in total. The van der Waals surface area contributed by atoms with E-state index in [1.807, 2.05) is 0 Å². The van der Waals surface area contributed by atoms with Gasteiger partial charge in [-0.05, 0) is 46.0 Å². The summed E-state index contributed by atoms with van der Waals surface area (Å²) in [5.74, 6) is -5.99. The number of hydrogen-bond acceptors (Lipinski definition) is 9. The van der Waals surface area contributed by atoms with Crippen LogP contribution in [0.1, 0.15) is 36.2 Å². The van der Waals surface area contributed by atoms with E-state index in [9.17, 15) is 34.8 Å². The molecule has 0 amide bonds. The Labute approximate surface area is 190 Å². The predicted octanol–water partition coefficient (Wildman–Crippen LogP) is 1.19. The Morgan fingerprint density at radius 2 is 1.82 bits per heavy atom. The lowest BCUT2D eigenvalue weighted by molar-refractivity contribution is -0.151. The van der Waals surface area contributed by atoms with Crippen LogP contribution in [-0.4, -0.2) is 75.5 Å². The van der Waals surface area contributed by atoms with E-state index in [-0.39, 0.29) is 23.3 Å². The molecule has 176 valence electrons. The van der Waals surface area contributed by atoms with Crippen LogP contribution in [0.25, 0.3) is 0 Å². The summed E-state index contributed by atoms with van der Waals surface area (Å²) in [6.45, 7) is 2.57. The minimum atomic E-state index is -2.63. The zero-order valence-electron chi connectivity index (χ0n) is 19.0. The van der Waals surface area contributed by atoms with Crippen molar-refractivity contribution in [2.45, 2.75) is 37.5 Å². The van der Waals surface area contributed by atoms with Gasteiger partial charge in [0.2, 0.25) is 5.78 Å². The lowest BCUT2D eigenvalue weighted by atomic mass is 9.55. The van der Waals surface area contributed by atoms with Gasteiger partial charge in [-0.15, -0.1) is 0 Å². The third-order valence-electron chi connectivity index (χ3n) is 7.33. The first-order valence-corrected chi connectivity index (χ1v) is 10.6. The predicted molar refractivity (Wildman–Crippen MR) is 116 cm³/mol. The number of fused-ring (bicyclic) bond motifs is 3. The van der Waals surface area contributed by atoms with Gasteiger partial charge < -0.3 is 25.2 Å². The van der Waals surface area contributed by atoms with Crippen molar-refractivity contribution in [2.24, 2.45) is 11.8 Å². The van der Waals surface area contributed by atoms with Crippen molar-refractivity contribution in [2.75, 3.05) is 21.2 Å². The Balaban J connectivity index is 2.05. The number of methoxy groups -OCH3 is 1. The molecular formula is C24H27NO8. The van der Waals surface area contributed by atoms with E-state index in [0.717, 1.165) is 6.92 Å². The van der Waals surface area contributed by atoms with Gasteiger partial charge in [-0.25, -0.2) is 0 Å². The maximum absolute atomic E-state index is 13.6. The average Bonchev–Trinajstić information content (AvgIpc) is 2.73. The molecule has 0 aliphatic heterocycles. The summed E-state index contributed by atoms with van der Waals surface area (Å²) in [5.41, 5.74) is -4.88. The molecule has 0 fully saturated rings. The summed E-state index contributed by atoms with van der Waals surface area (Å²) in [5, 5.41) is 45.4. The van der Waals surface area contributed by atoms with E-state index in [0.29, 0.717) is 5.56 Å². The summed E-state index contributed by atoms with van der Waals surface area (Å²) in [4.78, 5) is 40.6. The Bertz CT molecular complexity index is 1160. The van der Waals surface area contributed by atoms with Gasteiger partial charge in [0.25, 0.3) is 0 Å². The van der Waals surface area contributed by atoms with Crippen molar-refractivity contribution in [3.8, 4) is 5.75 Å². The molecular weight excluding hydrogens is 430 g/mol. The van der Waals surface area contributed by atoms with Crippen LogP contribution in [0.3, 0.4) is 0 Å².